The Balaban J connectivity index is 2.55. The summed E-state index contributed by atoms with van der Waals surface area (Å²) in [6, 6.07) is 9.66. The third kappa shape index (κ3) is 3.53. The normalized spacial score (nSPS) is 11.3. The molecule has 0 fully saturated rings. The van der Waals surface area contributed by atoms with Crippen LogP contribution < -0.4 is 4.72 Å². The Hall–Kier alpha value is -2.34. The molecular weight excluding hydrogens is 314 g/mol. The van der Waals surface area contributed by atoms with Crippen molar-refractivity contribution in [3.05, 3.63) is 58.7 Å². The topological polar surface area (TPSA) is 83.5 Å². The number of carboxylic acid groups (broad SMARTS) is 1. The van der Waals surface area contributed by atoms with Crippen molar-refractivity contribution in [2.75, 3.05) is 4.72 Å². The summed E-state index contributed by atoms with van der Waals surface area (Å²) >= 11 is 0. The number of aromatic carboxylic acids is 1. The number of nitrogens with one attached hydrogen (secondary N) is 1. The standard InChI is InChI=1S/C17H19NO4S/c1-4-13-8-9-14(17(19)20)10-15(13)23(21,22)18-16-11(2)6-5-7-12(16)3/h5-10,18H,4H2,1-3H3,(H,19,20). The van der Waals surface area contributed by atoms with Crippen molar-refractivity contribution in [1.29, 1.82) is 0 Å². The molecule has 0 aliphatic carbocycles. The van der Waals surface area contributed by atoms with Gasteiger partial charge in [0.05, 0.1) is 16.1 Å². The third-order valence-electron chi connectivity index (χ3n) is 3.70. The molecule has 0 heterocycles. The minimum absolute atomic E-state index is 0.00236. The molecule has 0 aliphatic heterocycles. The van der Waals surface area contributed by atoms with Crippen LogP contribution in [0.4, 0.5) is 5.69 Å². The first kappa shape index (κ1) is 17.0. The summed E-state index contributed by atoms with van der Waals surface area (Å²) in [6.07, 6.45) is 0.489. The maximum absolute atomic E-state index is 12.8. The molecule has 2 N–H and O–H groups in total. The lowest BCUT2D eigenvalue weighted by atomic mass is 10.1. The molecule has 0 aromatic heterocycles. The molecule has 2 rings (SSSR count). The van der Waals surface area contributed by atoms with Crippen LogP contribution in [0.25, 0.3) is 0 Å². The number of sulfonamides is 1. The van der Waals surface area contributed by atoms with E-state index < -0.39 is 16.0 Å². The highest BCUT2D eigenvalue weighted by Crippen LogP contribution is 2.26. The molecule has 2 aromatic carbocycles. The lowest BCUT2D eigenvalue weighted by molar-refractivity contribution is 0.0696. The number of carbonyl (C=O) groups is 1. The highest BCUT2D eigenvalue weighted by molar-refractivity contribution is 7.92. The van der Waals surface area contributed by atoms with Crippen LogP contribution in [0.5, 0.6) is 0 Å². The van der Waals surface area contributed by atoms with E-state index in [1.807, 2.05) is 39.0 Å². The second-order valence-electron chi connectivity index (χ2n) is 5.35. The minimum atomic E-state index is -3.87. The number of anilines is 1. The first-order valence-corrected chi connectivity index (χ1v) is 8.70. The Morgan fingerprint density at radius 2 is 1.74 bits per heavy atom. The van der Waals surface area contributed by atoms with E-state index in [1.165, 1.54) is 12.1 Å². The maximum atomic E-state index is 12.8. The van der Waals surface area contributed by atoms with Crippen LogP contribution in [0.3, 0.4) is 0 Å². The SMILES string of the molecule is CCc1ccc(C(=O)O)cc1S(=O)(=O)Nc1c(C)cccc1C. The second kappa shape index (κ2) is 6.42. The summed E-state index contributed by atoms with van der Waals surface area (Å²) in [5.74, 6) is -1.16. The van der Waals surface area contributed by atoms with E-state index in [1.54, 1.807) is 6.07 Å². The molecule has 2 aromatic rings. The van der Waals surface area contributed by atoms with Crippen molar-refractivity contribution in [2.24, 2.45) is 0 Å². The van der Waals surface area contributed by atoms with Gasteiger partial charge in [0.2, 0.25) is 0 Å². The molecular formula is C17H19NO4S. The minimum Gasteiger partial charge on any atom is -0.478 e. The van der Waals surface area contributed by atoms with Gasteiger partial charge in [-0.3, -0.25) is 4.72 Å². The maximum Gasteiger partial charge on any atom is 0.335 e. The average molecular weight is 333 g/mol. The van der Waals surface area contributed by atoms with E-state index in [2.05, 4.69) is 4.72 Å². The number of rotatable bonds is 5. The van der Waals surface area contributed by atoms with Gasteiger partial charge >= 0.3 is 5.97 Å². The predicted molar refractivity (Wildman–Crippen MR) is 89.5 cm³/mol. The smallest absolute Gasteiger partial charge is 0.335 e. The van der Waals surface area contributed by atoms with Crippen LogP contribution >= 0.6 is 0 Å². The molecule has 0 radical (unpaired) electrons. The zero-order valence-electron chi connectivity index (χ0n) is 13.3. The van der Waals surface area contributed by atoms with Crippen LogP contribution in [0.1, 0.15) is 34.0 Å². The zero-order chi connectivity index (χ0) is 17.2. The van der Waals surface area contributed by atoms with Crippen LogP contribution in [0, 0.1) is 13.8 Å². The summed E-state index contributed by atoms with van der Waals surface area (Å²) in [7, 11) is -3.87. The molecule has 0 aliphatic rings. The highest BCUT2D eigenvalue weighted by atomic mass is 32.2. The summed E-state index contributed by atoms with van der Waals surface area (Å²) in [5.41, 5.74) is 2.66. The zero-order valence-corrected chi connectivity index (χ0v) is 14.1. The van der Waals surface area contributed by atoms with E-state index in [0.717, 1.165) is 11.1 Å². The number of hydrogen-bond donors (Lipinski definition) is 2. The molecule has 0 bridgehead atoms. The van der Waals surface area contributed by atoms with Gasteiger partial charge < -0.3 is 5.11 Å². The van der Waals surface area contributed by atoms with Crippen molar-refractivity contribution < 1.29 is 18.3 Å². The molecule has 5 nitrogen and oxygen atoms in total. The molecule has 0 atom stereocenters. The van der Waals surface area contributed by atoms with Crippen LogP contribution in [-0.2, 0) is 16.4 Å². The molecule has 0 spiro atoms. The predicted octanol–water partition coefficient (Wildman–Crippen LogP) is 3.36. The molecule has 122 valence electrons. The summed E-state index contributed by atoms with van der Waals surface area (Å²) in [5, 5.41) is 9.10. The van der Waals surface area contributed by atoms with Crippen molar-refractivity contribution in [3.63, 3.8) is 0 Å². The van der Waals surface area contributed by atoms with Gasteiger partial charge in [-0.1, -0.05) is 31.2 Å². The monoisotopic (exact) mass is 333 g/mol. The lowest BCUT2D eigenvalue weighted by Gasteiger charge is -2.15. The second-order valence-corrected chi connectivity index (χ2v) is 7.00. The Labute approximate surface area is 136 Å². The van der Waals surface area contributed by atoms with Gasteiger partial charge in [0.1, 0.15) is 0 Å². The Kier molecular flexibility index (Phi) is 4.75. The van der Waals surface area contributed by atoms with Gasteiger partial charge in [-0.15, -0.1) is 0 Å². The Morgan fingerprint density at radius 3 is 2.26 bits per heavy atom. The molecule has 0 saturated heterocycles. The van der Waals surface area contributed by atoms with Gasteiger partial charge in [-0.05, 0) is 49.1 Å². The van der Waals surface area contributed by atoms with Crippen LogP contribution in [-0.4, -0.2) is 19.5 Å². The molecule has 0 unspecified atom stereocenters. The number of benzene rings is 2. The third-order valence-corrected chi connectivity index (χ3v) is 5.13. The summed E-state index contributed by atoms with van der Waals surface area (Å²) in [4.78, 5) is 11.1. The van der Waals surface area contributed by atoms with Crippen molar-refractivity contribution in [2.45, 2.75) is 32.1 Å². The first-order valence-electron chi connectivity index (χ1n) is 7.21. The lowest BCUT2D eigenvalue weighted by Crippen LogP contribution is -2.17. The van der Waals surface area contributed by atoms with Crippen molar-refractivity contribution in [3.8, 4) is 0 Å². The van der Waals surface area contributed by atoms with Gasteiger partial charge in [-0.25, -0.2) is 13.2 Å². The highest BCUT2D eigenvalue weighted by Gasteiger charge is 2.21. The van der Waals surface area contributed by atoms with E-state index in [9.17, 15) is 13.2 Å². The van der Waals surface area contributed by atoms with Crippen molar-refractivity contribution >= 4 is 21.7 Å². The van der Waals surface area contributed by atoms with E-state index in [0.29, 0.717) is 17.7 Å². The van der Waals surface area contributed by atoms with Gasteiger partial charge in [-0.2, -0.15) is 0 Å². The number of carboxylic acids is 1. The number of hydrogen-bond acceptors (Lipinski definition) is 3. The molecule has 23 heavy (non-hydrogen) atoms. The van der Waals surface area contributed by atoms with E-state index in [-0.39, 0.29) is 10.5 Å². The van der Waals surface area contributed by atoms with Crippen LogP contribution in [0.15, 0.2) is 41.3 Å². The Morgan fingerprint density at radius 1 is 1.13 bits per heavy atom. The molecule has 6 heteroatoms. The summed E-state index contributed by atoms with van der Waals surface area (Å²) < 4.78 is 28.1. The number of aryl methyl sites for hydroxylation is 3. The first-order chi connectivity index (χ1) is 10.8. The average Bonchev–Trinajstić information content (AvgIpc) is 2.50. The summed E-state index contributed by atoms with van der Waals surface area (Å²) in [6.45, 7) is 5.46. The quantitative estimate of drug-likeness (QED) is 0.879. The largest absolute Gasteiger partial charge is 0.478 e. The van der Waals surface area contributed by atoms with E-state index >= 15 is 0 Å². The van der Waals surface area contributed by atoms with Gasteiger partial charge in [0.25, 0.3) is 10.0 Å². The van der Waals surface area contributed by atoms with Crippen molar-refractivity contribution in [1.82, 2.24) is 0 Å². The van der Waals surface area contributed by atoms with Gasteiger partial charge in [0.15, 0.2) is 0 Å². The molecule has 0 saturated carbocycles. The fourth-order valence-electron chi connectivity index (χ4n) is 2.39. The fourth-order valence-corrected chi connectivity index (χ4v) is 3.93. The van der Waals surface area contributed by atoms with Gasteiger partial charge in [0, 0.05) is 0 Å². The Bertz CT molecular complexity index is 837. The fraction of sp³-hybridized carbons (Fsp3) is 0.235. The molecule has 0 amide bonds. The van der Waals surface area contributed by atoms with E-state index in [4.69, 9.17) is 5.11 Å². The number of para-hydroxylation sites is 1. The van der Waals surface area contributed by atoms with Crippen LogP contribution in [0.2, 0.25) is 0 Å².